The zero-order valence-electron chi connectivity index (χ0n) is 17.5. The van der Waals surface area contributed by atoms with Crippen molar-refractivity contribution >= 4 is 28.4 Å². The fourth-order valence-electron chi connectivity index (χ4n) is 3.89. The Morgan fingerprint density at radius 2 is 1.87 bits per heavy atom. The van der Waals surface area contributed by atoms with E-state index in [0.29, 0.717) is 11.6 Å². The molecule has 2 aromatic carbocycles. The number of nitrogens with zero attached hydrogens (tertiary/aromatic N) is 4. The van der Waals surface area contributed by atoms with Gasteiger partial charge in [-0.15, -0.1) is 0 Å². The van der Waals surface area contributed by atoms with Crippen LogP contribution in [0.15, 0.2) is 48.5 Å². The SMILES string of the molecule is CC(C(=O)NCCN1CCN(C)CC1)n1nc(-c2ccccc2)c2cc(Cl)ccc21. The molecule has 158 valence electrons. The van der Waals surface area contributed by atoms with Crippen molar-refractivity contribution in [1.29, 1.82) is 0 Å². The summed E-state index contributed by atoms with van der Waals surface area (Å²) in [4.78, 5) is 17.6. The molecule has 0 saturated carbocycles. The smallest absolute Gasteiger partial charge is 0.244 e. The van der Waals surface area contributed by atoms with Gasteiger partial charge in [0.05, 0.1) is 5.52 Å². The quantitative estimate of drug-likeness (QED) is 0.658. The van der Waals surface area contributed by atoms with Gasteiger partial charge in [0.15, 0.2) is 0 Å². The molecule has 1 aliphatic heterocycles. The molecule has 3 aromatic rings. The normalized spacial score (nSPS) is 16.6. The van der Waals surface area contributed by atoms with Gasteiger partial charge < -0.3 is 10.2 Å². The lowest BCUT2D eigenvalue weighted by molar-refractivity contribution is -0.124. The van der Waals surface area contributed by atoms with Gasteiger partial charge in [0.1, 0.15) is 11.7 Å². The van der Waals surface area contributed by atoms with E-state index < -0.39 is 6.04 Å². The van der Waals surface area contributed by atoms with Crippen LogP contribution in [0.25, 0.3) is 22.2 Å². The Kier molecular flexibility index (Phi) is 6.37. The van der Waals surface area contributed by atoms with Crippen LogP contribution in [-0.4, -0.2) is 71.8 Å². The van der Waals surface area contributed by atoms with E-state index in [4.69, 9.17) is 16.7 Å². The van der Waals surface area contributed by atoms with Crippen LogP contribution < -0.4 is 5.32 Å². The van der Waals surface area contributed by atoms with Crippen molar-refractivity contribution in [2.45, 2.75) is 13.0 Å². The van der Waals surface area contributed by atoms with E-state index in [9.17, 15) is 4.79 Å². The summed E-state index contributed by atoms with van der Waals surface area (Å²) in [6.45, 7) is 7.66. The predicted molar refractivity (Wildman–Crippen MR) is 122 cm³/mol. The summed E-state index contributed by atoms with van der Waals surface area (Å²) in [6.07, 6.45) is 0. The lowest BCUT2D eigenvalue weighted by Gasteiger charge is -2.32. The molecule has 1 amide bonds. The largest absolute Gasteiger partial charge is 0.353 e. The summed E-state index contributed by atoms with van der Waals surface area (Å²) in [7, 11) is 2.14. The minimum Gasteiger partial charge on any atom is -0.353 e. The summed E-state index contributed by atoms with van der Waals surface area (Å²) in [5.41, 5.74) is 2.75. The average Bonchev–Trinajstić information content (AvgIpc) is 3.13. The van der Waals surface area contributed by atoms with Crippen molar-refractivity contribution in [3.8, 4) is 11.3 Å². The van der Waals surface area contributed by atoms with Crippen LogP contribution in [0.2, 0.25) is 5.02 Å². The molecule has 0 aliphatic carbocycles. The van der Waals surface area contributed by atoms with Crippen molar-refractivity contribution in [3.63, 3.8) is 0 Å². The number of likely N-dealkylation sites (N-methyl/N-ethyl adjacent to an activating group) is 1. The molecule has 0 spiro atoms. The molecular weight excluding hydrogens is 398 g/mol. The lowest BCUT2D eigenvalue weighted by Crippen LogP contribution is -2.47. The van der Waals surface area contributed by atoms with Gasteiger partial charge in [-0.3, -0.25) is 14.4 Å². The number of amides is 1. The zero-order valence-corrected chi connectivity index (χ0v) is 18.3. The van der Waals surface area contributed by atoms with Crippen LogP contribution in [0.1, 0.15) is 13.0 Å². The van der Waals surface area contributed by atoms with Gasteiger partial charge in [0.2, 0.25) is 5.91 Å². The summed E-state index contributed by atoms with van der Waals surface area (Å²) >= 11 is 6.26. The van der Waals surface area contributed by atoms with E-state index in [1.165, 1.54) is 0 Å². The van der Waals surface area contributed by atoms with E-state index in [0.717, 1.165) is 54.9 Å². The molecule has 0 bridgehead atoms. The van der Waals surface area contributed by atoms with Gasteiger partial charge in [0, 0.05) is 55.2 Å². The first-order valence-electron chi connectivity index (χ1n) is 10.4. The third kappa shape index (κ3) is 4.51. The fourth-order valence-corrected chi connectivity index (χ4v) is 4.06. The van der Waals surface area contributed by atoms with E-state index in [1.54, 1.807) is 4.68 Å². The highest BCUT2D eigenvalue weighted by Crippen LogP contribution is 2.31. The first-order chi connectivity index (χ1) is 14.5. The first-order valence-corrected chi connectivity index (χ1v) is 10.8. The molecule has 6 nitrogen and oxygen atoms in total. The maximum absolute atomic E-state index is 12.9. The average molecular weight is 426 g/mol. The van der Waals surface area contributed by atoms with E-state index in [2.05, 4.69) is 22.2 Å². The molecule has 1 N–H and O–H groups in total. The highest BCUT2D eigenvalue weighted by molar-refractivity contribution is 6.31. The topological polar surface area (TPSA) is 53.4 Å². The molecule has 1 atom stereocenters. The third-order valence-corrected chi connectivity index (χ3v) is 6.02. The van der Waals surface area contributed by atoms with Gasteiger partial charge >= 0.3 is 0 Å². The second-order valence-electron chi connectivity index (χ2n) is 7.93. The maximum atomic E-state index is 12.9. The summed E-state index contributed by atoms with van der Waals surface area (Å²) in [6, 6.07) is 15.3. The number of fused-ring (bicyclic) bond motifs is 1. The molecule has 1 aliphatic rings. The number of rotatable bonds is 6. The van der Waals surface area contributed by atoms with Gasteiger partial charge in [0.25, 0.3) is 0 Å². The Hall–Kier alpha value is -2.41. The Balaban J connectivity index is 1.50. The van der Waals surface area contributed by atoms with Crippen molar-refractivity contribution in [1.82, 2.24) is 24.9 Å². The molecule has 0 radical (unpaired) electrons. The Morgan fingerprint density at radius 1 is 1.13 bits per heavy atom. The summed E-state index contributed by atoms with van der Waals surface area (Å²) < 4.78 is 1.80. The van der Waals surface area contributed by atoms with Crippen molar-refractivity contribution < 1.29 is 4.79 Å². The van der Waals surface area contributed by atoms with E-state index in [-0.39, 0.29) is 5.91 Å². The Bertz CT molecular complexity index is 1010. The Labute approximate surface area is 182 Å². The minimum absolute atomic E-state index is 0.0249. The summed E-state index contributed by atoms with van der Waals surface area (Å²) in [5, 5.41) is 9.50. The van der Waals surface area contributed by atoms with Crippen LogP contribution in [0, 0.1) is 0 Å². The molecule has 1 aromatic heterocycles. The van der Waals surface area contributed by atoms with Crippen LogP contribution in [-0.2, 0) is 4.79 Å². The van der Waals surface area contributed by atoms with E-state index >= 15 is 0 Å². The second kappa shape index (κ2) is 9.16. The number of halogens is 1. The van der Waals surface area contributed by atoms with Crippen molar-refractivity contribution in [2.24, 2.45) is 0 Å². The van der Waals surface area contributed by atoms with Crippen molar-refractivity contribution in [3.05, 3.63) is 53.6 Å². The van der Waals surface area contributed by atoms with Crippen LogP contribution in [0.3, 0.4) is 0 Å². The monoisotopic (exact) mass is 425 g/mol. The van der Waals surface area contributed by atoms with Crippen LogP contribution in [0.4, 0.5) is 0 Å². The van der Waals surface area contributed by atoms with Crippen LogP contribution >= 0.6 is 11.6 Å². The van der Waals surface area contributed by atoms with Gasteiger partial charge in [-0.1, -0.05) is 41.9 Å². The number of hydrogen-bond donors (Lipinski definition) is 1. The molecule has 1 unspecified atom stereocenters. The highest BCUT2D eigenvalue weighted by Gasteiger charge is 2.21. The molecule has 4 rings (SSSR count). The van der Waals surface area contributed by atoms with Gasteiger partial charge in [-0.25, -0.2) is 0 Å². The van der Waals surface area contributed by atoms with Gasteiger partial charge in [-0.05, 0) is 32.2 Å². The molecule has 1 fully saturated rings. The third-order valence-electron chi connectivity index (χ3n) is 5.78. The number of piperazine rings is 1. The molecular formula is C23H28ClN5O. The van der Waals surface area contributed by atoms with E-state index in [1.807, 2.05) is 55.5 Å². The number of aromatic nitrogens is 2. The summed E-state index contributed by atoms with van der Waals surface area (Å²) in [5.74, 6) is -0.0249. The zero-order chi connectivity index (χ0) is 21.1. The maximum Gasteiger partial charge on any atom is 0.244 e. The molecule has 30 heavy (non-hydrogen) atoms. The van der Waals surface area contributed by atoms with Gasteiger partial charge in [-0.2, -0.15) is 5.10 Å². The lowest BCUT2D eigenvalue weighted by atomic mass is 10.1. The number of benzene rings is 2. The van der Waals surface area contributed by atoms with Crippen LogP contribution in [0.5, 0.6) is 0 Å². The Morgan fingerprint density at radius 3 is 2.60 bits per heavy atom. The fraction of sp³-hybridized carbons (Fsp3) is 0.391. The standard InChI is InChI=1S/C23H28ClN5O/c1-17(23(30)25-10-11-28-14-12-27(2)13-15-28)29-21-9-8-19(24)16-20(21)22(26-29)18-6-4-3-5-7-18/h3-9,16-17H,10-15H2,1-2H3,(H,25,30). The minimum atomic E-state index is -0.418. The second-order valence-corrected chi connectivity index (χ2v) is 8.37. The molecule has 7 heteroatoms. The number of carbonyl (C=O) groups is 1. The first kappa shape index (κ1) is 20.8. The predicted octanol–water partition coefficient (Wildman–Crippen LogP) is 3.28. The number of hydrogen-bond acceptors (Lipinski definition) is 4. The van der Waals surface area contributed by atoms with Crippen molar-refractivity contribution in [2.75, 3.05) is 46.3 Å². The number of carbonyl (C=O) groups excluding carboxylic acids is 1. The molecule has 2 heterocycles. The number of nitrogens with one attached hydrogen (secondary N) is 1. The molecule has 1 saturated heterocycles. The highest BCUT2D eigenvalue weighted by atomic mass is 35.5.